The molecule has 7 heteroatoms. The summed E-state index contributed by atoms with van der Waals surface area (Å²) in [7, 11) is 0. The molecule has 7 aromatic rings. The first-order chi connectivity index (χ1) is 21.9. The third-order valence-electron chi connectivity index (χ3n) is 7.37. The second kappa shape index (κ2) is 13.4. The van der Waals surface area contributed by atoms with E-state index < -0.39 is 5.24 Å². The average molecular weight is 647 g/mol. The first kappa shape index (κ1) is 30.1. The molecule has 0 aliphatic carbocycles. The Bertz CT molecular complexity index is 2230. The van der Waals surface area contributed by atoms with Crippen LogP contribution in [0.2, 0.25) is 10.0 Å². The summed E-state index contributed by atoms with van der Waals surface area (Å²) in [6.07, 6.45) is 6.51. The summed E-state index contributed by atoms with van der Waals surface area (Å²) in [5.41, 5.74) is 5.01. The summed E-state index contributed by atoms with van der Waals surface area (Å²) in [5, 5.41) is 8.77. The number of anilines is 1. The highest BCUT2D eigenvalue weighted by Gasteiger charge is 2.17. The van der Waals surface area contributed by atoms with Crippen molar-refractivity contribution in [2.24, 2.45) is 0 Å². The van der Waals surface area contributed by atoms with E-state index in [1.54, 1.807) is 12.3 Å². The number of hydrogen-bond donors (Lipinski definition) is 2. The van der Waals surface area contributed by atoms with E-state index in [0.717, 1.165) is 48.7 Å². The van der Waals surface area contributed by atoms with E-state index >= 15 is 0 Å². The van der Waals surface area contributed by atoms with Crippen LogP contribution in [-0.4, -0.2) is 16.0 Å². The fourth-order valence-electron chi connectivity index (χ4n) is 5.20. The van der Waals surface area contributed by atoms with Crippen molar-refractivity contribution in [1.29, 1.82) is 0 Å². The number of halogens is 3. The molecule has 0 fully saturated rings. The van der Waals surface area contributed by atoms with Crippen molar-refractivity contribution in [2.45, 2.75) is 0 Å². The number of aromatic nitrogens is 1. The number of carbonyl (C=O) groups is 2. The highest BCUT2D eigenvalue weighted by molar-refractivity contribution is 6.68. The molecule has 1 aromatic heterocycles. The van der Waals surface area contributed by atoms with Gasteiger partial charge in [0.25, 0.3) is 5.24 Å². The van der Waals surface area contributed by atoms with Gasteiger partial charge in [-0.15, -0.1) is 0 Å². The molecule has 0 saturated carbocycles. The molecule has 2 N–H and O–H groups in total. The lowest BCUT2D eigenvalue weighted by atomic mass is 9.97. The van der Waals surface area contributed by atoms with E-state index in [2.05, 4.69) is 16.5 Å². The smallest absolute Gasteiger partial charge is 0.253 e. The minimum Gasteiger partial charge on any atom is -0.360 e. The van der Waals surface area contributed by atoms with Crippen molar-refractivity contribution >= 4 is 90.0 Å². The van der Waals surface area contributed by atoms with Gasteiger partial charge >= 0.3 is 0 Å². The molecule has 8 rings (SSSR count). The highest BCUT2D eigenvalue weighted by Crippen LogP contribution is 2.28. The van der Waals surface area contributed by atoms with Crippen molar-refractivity contribution in [2.75, 3.05) is 5.32 Å². The van der Waals surface area contributed by atoms with Gasteiger partial charge in [-0.3, -0.25) is 9.59 Å². The van der Waals surface area contributed by atoms with Crippen LogP contribution < -0.4 is 5.32 Å². The van der Waals surface area contributed by atoms with E-state index in [1.165, 1.54) is 0 Å². The molecule has 0 amide bonds. The van der Waals surface area contributed by atoms with Gasteiger partial charge in [0.15, 0.2) is 17.0 Å². The Hall–Kier alpha value is -4.96. The SMILES string of the molecule is Clc1ccc2c(c1)C=[C+]N2.O=C(Cl)c1cccc2ccccc12.O=C(c1cccc2ccccc12)c1c[nH]c2ccc(Cl)cc12. The van der Waals surface area contributed by atoms with E-state index in [0.29, 0.717) is 21.7 Å². The monoisotopic (exact) mass is 645 g/mol. The first-order valence-electron chi connectivity index (χ1n) is 14.0. The lowest BCUT2D eigenvalue weighted by molar-refractivity contribution is 0.104. The fraction of sp³-hybridized carbons (Fsp3) is 0. The maximum atomic E-state index is 13.0. The summed E-state index contributed by atoms with van der Waals surface area (Å²) in [4.78, 5) is 27.1. The van der Waals surface area contributed by atoms with Gasteiger partial charge in [-0.2, -0.15) is 5.32 Å². The number of benzene rings is 6. The average Bonchev–Trinajstić information content (AvgIpc) is 3.71. The van der Waals surface area contributed by atoms with Crippen LogP contribution in [0.3, 0.4) is 0 Å². The topological polar surface area (TPSA) is 62.0 Å². The van der Waals surface area contributed by atoms with Crippen molar-refractivity contribution in [1.82, 2.24) is 4.98 Å². The van der Waals surface area contributed by atoms with Crippen molar-refractivity contribution in [3.63, 3.8) is 0 Å². The third kappa shape index (κ3) is 6.61. The first-order valence-corrected chi connectivity index (χ1v) is 15.1. The van der Waals surface area contributed by atoms with E-state index in [1.807, 2.05) is 121 Å². The zero-order valence-corrected chi connectivity index (χ0v) is 25.9. The second-order valence-electron chi connectivity index (χ2n) is 10.2. The molecule has 2 heterocycles. The number of hydrogen-bond acceptors (Lipinski definition) is 3. The predicted octanol–water partition coefficient (Wildman–Crippen LogP) is 11.0. The molecule has 6 aromatic carbocycles. The fourth-order valence-corrected chi connectivity index (χ4v) is 5.72. The number of fused-ring (bicyclic) bond motifs is 4. The van der Waals surface area contributed by atoms with Crippen LogP contribution in [0.25, 0.3) is 38.5 Å². The second-order valence-corrected chi connectivity index (χ2v) is 11.4. The van der Waals surface area contributed by atoms with Gasteiger partial charge in [0.2, 0.25) is 0 Å². The Morgan fingerprint density at radius 1 is 0.600 bits per heavy atom. The van der Waals surface area contributed by atoms with E-state index in [-0.39, 0.29) is 5.78 Å². The molecule has 0 spiro atoms. The molecular formula is C38H24Cl3N2O2+. The molecule has 0 unspecified atom stereocenters. The third-order valence-corrected chi connectivity index (χ3v) is 8.05. The summed E-state index contributed by atoms with van der Waals surface area (Å²) in [6.45, 7) is 0. The lowest BCUT2D eigenvalue weighted by Gasteiger charge is -2.05. The Balaban J connectivity index is 0.000000131. The van der Waals surface area contributed by atoms with Gasteiger partial charge in [-0.25, -0.2) is 0 Å². The number of carbonyl (C=O) groups excluding carboxylic acids is 2. The molecule has 45 heavy (non-hydrogen) atoms. The predicted molar refractivity (Wildman–Crippen MR) is 188 cm³/mol. The number of ketones is 1. The van der Waals surface area contributed by atoms with Crippen LogP contribution in [0.4, 0.5) is 5.69 Å². The molecule has 1 aliphatic rings. The molecule has 218 valence electrons. The summed E-state index contributed by atoms with van der Waals surface area (Å²) >= 11 is 17.3. The molecule has 0 saturated heterocycles. The molecule has 0 radical (unpaired) electrons. The summed E-state index contributed by atoms with van der Waals surface area (Å²) in [5.74, 6) is 0.00492. The van der Waals surface area contributed by atoms with Crippen LogP contribution in [0.15, 0.2) is 128 Å². The van der Waals surface area contributed by atoms with Crippen LogP contribution in [-0.2, 0) is 0 Å². The zero-order valence-electron chi connectivity index (χ0n) is 23.7. The van der Waals surface area contributed by atoms with Gasteiger partial charge in [-0.05, 0) is 63.5 Å². The van der Waals surface area contributed by atoms with Crippen molar-refractivity contribution in [3.05, 3.63) is 166 Å². The molecule has 1 aliphatic heterocycles. The Morgan fingerprint density at radius 2 is 1.20 bits per heavy atom. The van der Waals surface area contributed by atoms with Crippen molar-refractivity contribution < 1.29 is 9.59 Å². The molecule has 4 nitrogen and oxygen atoms in total. The number of H-pyrrole nitrogens is 1. The standard InChI is InChI=1S/C19H12ClNO.C11H7ClO.C8H5ClN/c20-13-8-9-18-16(10-13)17(11-21-18)19(22)15-7-3-5-12-4-1-2-6-14(12)15;12-11(13)10-7-3-5-8-4-1-2-6-9(8)10;9-7-1-2-8-6(5-7)3-4-10-8/h1-11,21H;1-7H;1-3,5,10H/q;;+1. The number of nitrogens with one attached hydrogen (secondary N) is 2. The highest BCUT2D eigenvalue weighted by atomic mass is 35.5. The van der Waals surface area contributed by atoms with Gasteiger partial charge in [0, 0.05) is 50.9 Å². The zero-order chi connectivity index (χ0) is 31.3. The minimum atomic E-state index is -0.406. The van der Waals surface area contributed by atoms with E-state index in [4.69, 9.17) is 34.8 Å². The van der Waals surface area contributed by atoms with Gasteiger partial charge < -0.3 is 4.98 Å². The van der Waals surface area contributed by atoms with Crippen LogP contribution in [0, 0.1) is 6.20 Å². The minimum absolute atomic E-state index is 0.00492. The number of aromatic amines is 1. The van der Waals surface area contributed by atoms with Gasteiger partial charge in [-0.1, -0.05) is 102 Å². The normalized spacial score (nSPS) is 11.1. The molecule has 0 atom stereocenters. The maximum Gasteiger partial charge on any atom is 0.253 e. The van der Waals surface area contributed by atoms with Crippen molar-refractivity contribution in [3.8, 4) is 0 Å². The Kier molecular flexibility index (Phi) is 8.93. The Labute approximate surface area is 274 Å². The van der Waals surface area contributed by atoms with Gasteiger partial charge in [0.05, 0.1) is 5.02 Å². The van der Waals surface area contributed by atoms with Gasteiger partial charge in [0.1, 0.15) is 12.3 Å². The van der Waals surface area contributed by atoms with E-state index in [9.17, 15) is 9.59 Å². The van der Waals surface area contributed by atoms with Crippen LogP contribution >= 0.6 is 34.8 Å². The summed E-state index contributed by atoms with van der Waals surface area (Å²) < 4.78 is 0. The number of rotatable bonds is 3. The summed E-state index contributed by atoms with van der Waals surface area (Å²) in [6, 6.07) is 38.1. The van der Waals surface area contributed by atoms with Crippen LogP contribution in [0.1, 0.15) is 31.8 Å². The quantitative estimate of drug-likeness (QED) is 0.114. The molecular weight excluding hydrogens is 623 g/mol. The van der Waals surface area contributed by atoms with Crippen LogP contribution in [0.5, 0.6) is 0 Å². The lowest BCUT2D eigenvalue weighted by Crippen LogP contribution is -2.01. The largest absolute Gasteiger partial charge is 0.360 e. The Morgan fingerprint density at radius 3 is 1.91 bits per heavy atom. The molecule has 0 bridgehead atoms. The maximum absolute atomic E-state index is 13.0.